The lowest BCUT2D eigenvalue weighted by Crippen LogP contribution is -1.89. The fraction of sp³-hybridized carbons (Fsp3) is 0. The summed E-state index contributed by atoms with van der Waals surface area (Å²) in [6, 6.07) is 76.8. The molecule has 0 saturated heterocycles. The van der Waals surface area contributed by atoms with Crippen molar-refractivity contribution in [1.29, 1.82) is 0 Å². The fourth-order valence-corrected chi connectivity index (χ4v) is 9.50. The van der Waals surface area contributed by atoms with Crippen molar-refractivity contribution in [3.8, 4) is 33.4 Å². The monoisotopic (exact) mass is 706 g/mol. The molecule has 0 unspecified atom stereocenters. The second-order valence-corrected chi connectivity index (χ2v) is 15.2. The summed E-state index contributed by atoms with van der Waals surface area (Å²) >= 11 is 0. The molecule has 0 nitrogen and oxygen atoms in total. The molecule has 12 rings (SSSR count). The molecule has 12 aromatic carbocycles. The van der Waals surface area contributed by atoms with Gasteiger partial charge in [-0.3, -0.25) is 0 Å². The molecule has 0 spiro atoms. The first-order valence-electron chi connectivity index (χ1n) is 19.5. The van der Waals surface area contributed by atoms with Crippen LogP contribution in [-0.2, 0) is 0 Å². The highest BCUT2D eigenvalue weighted by atomic mass is 14.2. The molecule has 0 fully saturated rings. The predicted octanol–water partition coefficient (Wildman–Crippen LogP) is 15.9. The van der Waals surface area contributed by atoms with Gasteiger partial charge in [-0.05, 0) is 156 Å². The summed E-state index contributed by atoms with van der Waals surface area (Å²) in [6.07, 6.45) is 0. The van der Waals surface area contributed by atoms with Crippen LogP contribution in [0, 0.1) is 0 Å². The van der Waals surface area contributed by atoms with Gasteiger partial charge in [0.05, 0.1) is 0 Å². The molecule has 0 radical (unpaired) electrons. The second kappa shape index (κ2) is 12.1. The van der Waals surface area contributed by atoms with E-state index in [0.717, 1.165) is 0 Å². The minimum Gasteiger partial charge on any atom is -0.0616 e. The minimum absolute atomic E-state index is 1.22. The summed E-state index contributed by atoms with van der Waals surface area (Å²) in [5.74, 6) is 0. The Balaban J connectivity index is 1.04. The molecule has 0 heterocycles. The van der Waals surface area contributed by atoms with Crippen LogP contribution < -0.4 is 0 Å². The third-order valence-corrected chi connectivity index (χ3v) is 12.1. The maximum absolute atomic E-state index is 2.42. The smallest absolute Gasteiger partial charge is 0.00206 e. The second-order valence-electron chi connectivity index (χ2n) is 15.2. The highest BCUT2D eigenvalue weighted by Gasteiger charge is 2.16. The fourth-order valence-electron chi connectivity index (χ4n) is 9.50. The van der Waals surface area contributed by atoms with Crippen LogP contribution >= 0.6 is 0 Å². The highest BCUT2D eigenvalue weighted by Crippen LogP contribution is 2.43. The number of benzene rings is 12. The van der Waals surface area contributed by atoms with Crippen LogP contribution in [0.25, 0.3) is 120 Å². The Hall–Kier alpha value is -7.28. The van der Waals surface area contributed by atoms with Crippen molar-refractivity contribution in [3.63, 3.8) is 0 Å². The van der Waals surface area contributed by atoms with Gasteiger partial charge < -0.3 is 0 Å². The van der Waals surface area contributed by atoms with Crippen molar-refractivity contribution in [3.05, 3.63) is 206 Å². The Labute approximate surface area is 324 Å². The summed E-state index contributed by atoms with van der Waals surface area (Å²) in [6.45, 7) is 0. The molecular formula is C56H34. The lowest BCUT2D eigenvalue weighted by molar-refractivity contribution is 1.66. The van der Waals surface area contributed by atoms with Gasteiger partial charge >= 0.3 is 0 Å². The van der Waals surface area contributed by atoms with E-state index in [2.05, 4.69) is 206 Å². The summed E-state index contributed by atoms with van der Waals surface area (Å²) in [7, 11) is 0. The van der Waals surface area contributed by atoms with Crippen LogP contribution in [0.1, 0.15) is 0 Å². The van der Waals surface area contributed by atoms with Crippen molar-refractivity contribution in [2.24, 2.45) is 0 Å². The van der Waals surface area contributed by atoms with Crippen molar-refractivity contribution in [2.45, 2.75) is 0 Å². The van der Waals surface area contributed by atoms with E-state index in [4.69, 9.17) is 0 Å². The van der Waals surface area contributed by atoms with E-state index in [9.17, 15) is 0 Å². The van der Waals surface area contributed by atoms with E-state index in [-0.39, 0.29) is 0 Å². The number of hydrogen-bond acceptors (Lipinski definition) is 0. The average molecular weight is 707 g/mol. The molecule has 0 aliphatic rings. The van der Waals surface area contributed by atoms with Crippen LogP contribution in [0.2, 0.25) is 0 Å². The first-order chi connectivity index (χ1) is 27.7. The molecule has 0 aromatic heterocycles. The molecule has 0 saturated carbocycles. The molecule has 56 heavy (non-hydrogen) atoms. The van der Waals surface area contributed by atoms with E-state index in [1.165, 1.54) is 120 Å². The van der Waals surface area contributed by atoms with Crippen LogP contribution in [0.15, 0.2) is 206 Å². The molecule has 0 atom stereocenters. The zero-order chi connectivity index (χ0) is 36.7. The first-order valence-corrected chi connectivity index (χ1v) is 19.5. The van der Waals surface area contributed by atoms with E-state index in [0.29, 0.717) is 0 Å². The molecule has 0 bridgehead atoms. The Bertz CT molecular complexity index is 3560. The van der Waals surface area contributed by atoms with E-state index in [1.807, 2.05) is 0 Å². The summed E-state index contributed by atoms with van der Waals surface area (Å²) in [5, 5.41) is 20.4. The Morgan fingerprint density at radius 2 is 0.518 bits per heavy atom. The number of rotatable bonds is 3. The van der Waals surface area contributed by atoms with Gasteiger partial charge in [0.1, 0.15) is 0 Å². The molecule has 0 amide bonds. The first kappa shape index (κ1) is 31.1. The third kappa shape index (κ3) is 4.73. The van der Waals surface area contributed by atoms with Crippen LogP contribution in [0.5, 0.6) is 0 Å². The molecule has 0 heteroatoms. The quantitative estimate of drug-likeness (QED) is 0.160. The van der Waals surface area contributed by atoms with Gasteiger partial charge in [0, 0.05) is 0 Å². The molecule has 0 aliphatic carbocycles. The van der Waals surface area contributed by atoms with Crippen LogP contribution in [0.3, 0.4) is 0 Å². The van der Waals surface area contributed by atoms with Crippen molar-refractivity contribution < 1.29 is 0 Å². The van der Waals surface area contributed by atoms with Crippen molar-refractivity contribution >= 4 is 86.2 Å². The van der Waals surface area contributed by atoms with Crippen LogP contribution in [0.4, 0.5) is 0 Å². The van der Waals surface area contributed by atoms with Gasteiger partial charge in [0.15, 0.2) is 0 Å². The molecular weight excluding hydrogens is 673 g/mol. The van der Waals surface area contributed by atoms with Crippen molar-refractivity contribution in [2.75, 3.05) is 0 Å². The predicted molar refractivity (Wildman–Crippen MR) is 243 cm³/mol. The molecule has 258 valence electrons. The Morgan fingerprint density at radius 3 is 1.02 bits per heavy atom. The van der Waals surface area contributed by atoms with Gasteiger partial charge in [0.2, 0.25) is 0 Å². The van der Waals surface area contributed by atoms with Gasteiger partial charge in [0.25, 0.3) is 0 Å². The summed E-state index contributed by atoms with van der Waals surface area (Å²) < 4.78 is 0. The third-order valence-electron chi connectivity index (χ3n) is 12.1. The lowest BCUT2D eigenvalue weighted by Gasteiger charge is -2.16. The Kier molecular flexibility index (Phi) is 6.73. The topological polar surface area (TPSA) is 0 Å². The molecule has 0 aliphatic heterocycles. The molecule has 12 aromatic rings. The molecule has 0 N–H and O–H groups in total. The average Bonchev–Trinajstić information content (AvgIpc) is 3.27. The van der Waals surface area contributed by atoms with E-state index in [1.54, 1.807) is 0 Å². The van der Waals surface area contributed by atoms with Gasteiger partial charge in [-0.25, -0.2) is 0 Å². The standard InChI is InChI=1S/C56H34/c1-7-17-46-35(11-1)25-27-50-53(32-40-14-4-9-19-48(40)55(46)50)43-24-22-37-29-42(23-21-38(37)30-43)52-34-44(31-39-13-3-6-16-45(39)52)54-33-41-15-5-10-20-49(41)56-47-18-8-2-12-36(47)26-28-51(54)56/h1-34H. The Morgan fingerprint density at radius 1 is 0.179 bits per heavy atom. The van der Waals surface area contributed by atoms with Gasteiger partial charge in [-0.2, -0.15) is 0 Å². The SMILES string of the molecule is c1ccc2c(-c3ccc4cc(-c5cc6ccccc6c6c5ccc5ccccc56)ccc4c3)cc(-c3cc4ccccc4c4c3ccc3ccccc34)cc2c1. The lowest BCUT2D eigenvalue weighted by atomic mass is 9.87. The minimum atomic E-state index is 1.22. The summed E-state index contributed by atoms with van der Waals surface area (Å²) in [4.78, 5) is 0. The maximum Gasteiger partial charge on any atom is -0.00206 e. The van der Waals surface area contributed by atoms with Gasteiger partial charge in [-0.15, -0.1) is 0 Å². The van der Waals surface area contributed by atoms with E-state index >= 15 is 0 Å². The van der Waals surface area contributed by atoms with Crippen LogP contribution in [-0.4, -0.2) is 0 Å². The van der Waals surface area contributed by atoms with Crippen molar-refractivity contribution in [1.82, 2.24) is 0 Å². The van der Waals surface area contributed by atoms with E-state index < -0.39 is 0 Å². The zero-order valence-electron chi connectivity index (χ0n) is 30.6. The zero-order valence-corrected chi connectivity index (χ0v) is 30.6. The largest absolute Gasteiger partial charge is 0.0616 e. The van der Waals surface area contributed by atoms with Gasteiger partial charge in [-0.1, -0.05) is 170 Å². The number of fused-ring (bicyclic) bond motifs is 12. The highest BCUT2D eigenvalue weighted by molar-refractivity contribution is 6.25. The maximum atomic E-state index is 2.42. The normalized spacial score (nSPS) is 11.9. The number of hydrogen-bond donors (Lipinski definition) is 0. The summed E-state index contributed by atoms with van der Waals surface area (Å²) in [5.41, 5.74) is 7.47.